The van der Waals surface area contributed by atoms with Crippen molar-refractivity contribution in [2.75, 3.05) is 13.2 Å². The molecule has 1 rings (SSSR count). The molecule has 0 aromatic rings. The Morgan fingerprint density at radius 3 is 2.44 bits per heavy atom. The lowest BCUT2D eigenvalue weighted by Crippen LogP contribution is -2.45. The molecule has 1 aliphatic heterocycles. The Hall–Kier alpha value is -1.10. The quantitative estimate of drug-likeness (QED) is 0.817. The maximum absolute atomic E-state index is 11.7. The second-order valence-corrected chi connectivity index (χ2v) is 4.90. The predicted molar refractivity (Wildman–Crippen MR) is 67.4 cm³/mol. The second-order valence-electron chi connectivity index (χ2n) is 4.90. The number of carbonyl (C=O) groups is 2. The number of hydrogen-bond acceptors (Lipinski definition) is 4. The molecule has 1 N–H and O–H groups in total. The number of hydrogen-bond donors (Lipinski definition) is 1. The molecule has 1 heterocycles. The molecule has 0 aromatic heterocycles. The summed E-state index contributed by atoms with van der Waals surface area (Å²) < 4.78 is 10.5. The number of nitrogens with one attached hydrogen (secondary N) is 1. The summed E-state index contributed by atoms with van der Waals surface area (Å²) in [6, 6.07) is -0.456. The zero-order valence-corrected chi connectivity index (χ0v) is 11.4. The first-order chi connectivity index (χ1) is 8.54. The number of ether oxygens (including phenoxy) is 2. The van der Waals surface area contributed by atoms with Gasteiger partial charge >= 0.3 is 6.09 Å². The van der Waals surface area contributed by atoms with Crippen LogP contribution in [0, 0.1) is 5.92 Å². The molecule has 0 aromatic carbocycles. The van der Waals surface area contributed by atoms with Gasteiger partial charge in [0.05, 0.1) is 19.3 Å². The average Bonchev–Trinajstić information content (AvgIpc) is 2.36. The number of rotatable bonds is 5. The molecular weight excluding hydrogens is 234 g/mol. The van der Waals surface area contributed by atoms with Gasteiger partial charge in [-0.05, 0) is 5.92 Å². The van der Waals surface area contributed by atoms with Gasteiger partial charge in [0.25, 0.3) is 0 Å². The third-order valence-corrected chi connectivity index (χ3v) is 3.08. The van der Waals surface area contributed by atoms with Crippen LogP contribution in [0.2, 0.25) is 0 Å². The fourth-order valence-electron chi connectivity index (χ4n) is 1.95. The highest BCUT2D eigenvalue weighted by molar-refractivity contribution is 5.87. The molecule has 18 heavy (non-hydrogen) atoms. The Labute approximate surface area is 108 Å². The molecule has 104 valence electrons. The van der Waals surface area contributed by atoms with Crippen molar-refractivity contribution in [1.82, 2.24) is 5.32 Å². The zero-order valence-electron chi connectivity index (χ0n) is 11.4. The standard InChI is InChI=1S/C13H23NO4/c1-4-11(15)12(9(2)3)14-13(16)18-10-5-7-17-8-6-10/h9-10,12H,4-8H2,1-3H3,(H,14,16). The molecule has 1 aliphatic rings. The van der Waals surface area contributed by atoms with E-state index in [-0.39, 0.29) is 17.8 Å². The minimum atomic E-state index is -0.498. The smallest absolute Gasteiger partial charge is 0.408 e. The van der Waals surface area contributed by atoms with Crippen LogP contribution < -0.4 is 5.32 Å². The van der Waals surface area contributed by atoms with Gasteiger partial charge in [-0.1, -0.05) is 20.8 Å². The van der Waals surface area contributed by atoms with Gasteiger partial charge in [0.15, 0.2) is 5.78 Å². The van der Waals surface area contributed by atoms with Gasteiger partial charge < -0.3 is 14.8 Å². The SMILES string of the molecule is CCC(=O)C(NC(=O)OC1CCOCC1)C(C)C. The van der Waals surface area contributed by atoms with Crippen molar-refractivity contribution < 1.29 is 19.1 Å². The molecule has 1 fully saturated rings. The lowest BCUT2D eigenvalue weighted by molar-refractivity contribution is -0.121. The van der Waals surface area contributed by atoms with Gasteiger partial charge in [-0.15, -0.1) is 0 Å². The minimum Gasteiger partial charge on any atom is -0.446 e. The summed E-state index contributed by atoms with van der Waals surface area (Å²) in [4.78, 5) is 23.4. The van der Waals surface area contributed by atoms with Crippen molar-refractivity contribution in [2.24, 2.45) is 5.92 Å². The first kappa shape index (κ1) is 15.0. The van der Waals surface area contributed by atoms with E-state index in [9.17, 15) is 9.59 Å². The third kappa shape index (κ3) is 4.64. The third-order valence-electron chi connectivity index (χ3n) is 3.08. The molecule has 0 radical (unpaired) electrons. The van der Waals surface area contributed by atoms with Crippen molar-refractivity contribution in [2.45, 2.75) is 52.2 Å². The maximum atomic E-state index is 11.7. The van der Waals surface area contributed by atoms with Gasteiger partial charge in [0.1, 0.15) is 6.10 Å². The Kier molecular flexibility index (Phi) is 6.12. The maximum Gasteiger partial charge on any atom is 0.408 e. The van der Waals surface area contributed by atoms with Crippen LogP contribution in [0.4, 0.5) is 4.79 Å². The second kappa shape index (κ2) is 7.36. The first-order valence-corrected chi connectivity index (χ1v) is 6.62. The summed E-state index contributed by atoms with van der Waals surface area (Å²) in [6.45, 7) is 6.86. The van der Waals surface area contributed by atoms with Crippen molar-refractivity contribution in [1.29, 1.82) is 0 Å². The number of alkyl carbamates (subject to hydrolysis) is 1. The summed E-state index contributed by atoms with van der Waals surface area (Å²) in [5.74, 6) is 0.105. The van der Waals surface area contributed by atoms with Gasteiger partial charge in [-0.2, -0.15) is 0 Å². The molecule has 5 nitrogen and oxygen atoms in total. The van der Waals surface area contributed by atoms with E-state index in [1.54, 1.807) is 6.92 Å². The largest absolute Gasteiger partial charge is 0.446 e. The molecule has 1 amide bonds. The molecule has 0 aliphatic carbocycles. The first-order valence-electron chi connectivity index (χ1n) is 6.62. The van der Waals surface area contributed by atoms with Crippen LogP contribution in [0.3, 0.4) is 0 Å². The van der Waals surface area contributed by atoms with Crippen LogP contribution in [-0.4, -0.2) is 37.2 Å². The molecular formula is C13H23NO4. The van der Waals surface area contributed by atoms with E-state index in [1.807, 2.05) is 13.8 Å². The van der Waals surface area contributed by atoms with Crippen LogP contribution in [0.5, 0.6) is 0 Å². The summed E-state index contributed by atoms with van der Waals surface area (Å²) in [5.41, 5.74) is 0. The molecule has 1 unspecified atom stereocenters. The highest BCUT2D eigenvalue weighted by Crippen LogP contribution is 2.12. The summed E-state index contributed by atoms with van der Waals surface area (Å²) in [5, 5.41) is 2.66. The van der Waals surface area contributed by atoms with Crippen LogP contribution in [0.1, 0.15) is 40.0 Å². The summed E-state index contributed by atoms with van der Waals surface area (Å²) in [7, 11) is 0. The molecule has 0 saturated carbocycles. The number of amides is 1. The fraction of sp³-hybridized carbons (Fsp3) is 0.846. The summed E-state index contributed by atoms with van der Waals surface area (Å²) >= 11 is 0. The zero-order chi connectivity index (χ0) is 13.5. The highest BCUT2D eigenvalue weighted by Gasteiger charge is 2.25. The Morgan fingerprint density at radius 1 is 1.33 bits per heavy atom. The monoisotopic (exact) mass is 257 g/mol. The highest BCUT2D eigenvalue weighted by atomic mass is 16.6. The van der Waals surface area contributed by atoms with Crippen molar-refractivity contribution >= 4 is 11.9 Å². The van der Waals surface area contributed by atoms with E-state index in [1.165, 1.54) is 0 Å². The molecule has 0 bridgehead atoms. The predicted octanol–water partition coefficient (Wildman–Crippen LogP) is 1.90. The molecule has 0 spiro atoms. The number of ketones is 1. The van der Waals surface area contributed by atoms with Crippen molar-refractivity contribution in [3.05, 3.63) is 0 Å². The van der Waals surface area contributed by atoms with Gasteiger partial charge in [-0.25, -0.2) is 4.79 Å². The molecule has 1 saturated heterocycles. The van der Waals surface area contributed by atoms with E-state index in [2.05, 4.69) is 5.32 Å². The Bertz CT molecular complexity index is 285. The Morgan fingerprint density at radius 2 is 1.94 bits per heavy atom. The topological polar surface area (TPSA) is 64.6 Å². The molecule has 1 atom stereocenters. The van der Waals surface area contributed by atoms with Crippen molar-refractivity contribution in [3.8, 4) is 0 Å². The van der Waals surface area contributed by atoms with Gasteiger partial charge in [0.2, 0.25) is 0 Å². The Balaban J connectivity index is 2.42. The van der Waals surface area contributed by atoms with Crippen LogP contribution in [-0.2, 0) is 14.3 Å². The van der Waals surface area contributed by atoms with E-state index in [0.717, 1.165) is 12.8 Å². The van der Waals surface area contributed by atoms with Crippen molar-refractivity contribution in [3.63, 3.8) is 0 Å². The van der Waals surface area contributed by atoms with E-state index < -0.39 is 12.1 Å². The van der Waals surface area contributed by atoms with Crippen LogP contribution in [0.25, 0.3) is 0 Å². The van der Waals surface area contributed by atoms with Gasteiger partial charge in [-0.3, -0.25) is 4.79 Å². The average molecular weight is 257 g/mol. The van der Waals surface area contributed by atoms with E-state index in [0.29, 0.717) is 19.6 Å². The lowest BCUT2D eigenvalue weighted by Gasteiger charge is -2.25. The van der Waals surface area contributed by atoms with Gasteiger partial charge in [0, 0.05) is 19.3 Å². The van der Waals surface area contributed by atoms with E-state index >= 15 is 0 Å². The molecule has 5 heteroatoms. The number of carbonyl (C=O) groups excluding carboxylic acids is 2. The minimum absolute atomic E-state index is 0.0360. The van der Waals surface area contributed by atoms with Crippen LogP contribution in [0.15, 0.2) is 0 Å². The number of Topliss-reactive ketones (excluding diaryl/α,β-unsaturated/α-hetero) is 1. The normalized spacial score (nSPS) is 18.4. The fourth-order valence-corrected chi connectivity index (χ4v) is 1.95. The van der Waals surface area contributed by atoms with Crippen LogP contribution >= 0.6 is 0 Å². The summed E-state index contributed by atoms with van der Waals surface area (Å²) in [6.07, 6.45) is 1.27. The lowest BCUT2D eigenvalue weighted by atomic mass is 9.99. The van der Waals surface area contributed by atoms with E-state index in [4.69, 9.17) is 9.47 Å².